The molecule has 0 spiro atoms. The van der Waals surface area contributed by atoms with E-state index in [0.717, 1.165) is 0 Å². The van der Waals surface area contributed by atoms with Crippen molar-refractivity contribution in [2.45, 2.75) is 20.8 Å². The summed E-state index contributed by atoms with van der Waals surface area (Å²) < 4.78 is 1.49. The fourth-order valence-electron chi connectivity index (χ4n) is 1.32. The Bertz CT molecular complexity index is 529. The molecule has 90 valence electrons. The van der Waals surface area contributed by atoms with Crippen LogP contribution >= 0.6 is 0 Å². The highest BCUT2D eigenvalue weighted by Gasteiger charge is 2.01. The first-order chi connectivity index (χ1) is 8.18. The van der Waals surface area contributed by atoms with Crippen LogP contribution in [0.2, 0.25) is 0 Å². The molecule has 4 heteroatoms. The number of anilines is 1. The molecule has 0 aromatic carbocycles. The Hall–Kier alpha value is -2.10. The number of hydrogen-bond acceptors (Lipinski definition) is 3. The predicted octanol–water partition coefficient (Wildman–Crippen LogP) is 2.15. The first-order valence-corrected chi connectivity index (χ1v) is 5.58. The normalized spacial score (nSPS) is 9.35. The van der Waals surface area contributed by atoms with Gasteiger partial charge in [0.25, 0.3) is 5.56 Å². The van der Waals surface area contributed by atoms with E-state index in [9.17, 15) is 4.79 Å². The Balaban J connectivity index is 0.000000686. The average Bonchev–Trinajstić information content (AvgIpc) is 2.37. The minimum Gasteiger partial charge on any atom is -0.397 e. The van der Waals surface area contributed by atoms with Crippen LogP contribution in [0.3, 0.4) is 0 Å². The Morgan fingerprint density at radius 3 is 2.53 bits per heavy atom. The topological polar surface area (TPSA) is 60.9 Å². The van der Waals surface area contributed by atoms with Gasteiger partial charge in [-0.2, -0.15) is 0 Å². The quantitative estimate of drug-likeness (QED) is 0.818. The third kappa shape index (κ3) is 2.93. The summed E-state index contributed by atoms with van der Waals surface area (Å²) in [5.74, 6) is 0.581. The van der Waals surface area contributed by atoms with Gasteiger partial charge in [0, 0.05) is 11.8 Å². The zero-order valence-corrected chi connectivity index (χ0v) is 10.3. The number of rotatable bonds is 1. The molecule has 0 fully saturated rings. The second-order valence-corrected chi connectivity index (χ2v) is 3.32. The van der Waals surface area contributed by atoms with E-state index in [1.54, 1.807) is 31.3 Å². The van der Waals surface area contributed by atoms with Crippen molar-refractivity contribution in [2.75, 3.05) is 5.73 Å². The highest BCUT2D eigenvalue weighted by molar-refractivity contribution is 5.38. The third-order valence-electron chi connectivity index (χ3n) is 2.16. The maximum atomic E-state index is 11.7. The lowest BCUT2D eigenvalue weighted by molar-refractivity contribution is 0.927. The molecule has 17 heavy (non-hydrogen) atoms. The van der Waals surface area contributed by atoms with E-state index in [1.807, 2.05) is 19.9 Å². The summed E-state index contributed by atoms with van der Waals surface area (Å²) in [6.45, 7) is 5.77. The smallest absolute Gasteiger partial charge is 0.259 e. The van der Waals surface area contributed by atoms with E-state index < -0.39 is 0 Å². The molecule has 0 bridgehead atoms. The van der Waals surface area contributed by atoms with Crippen molar-refractivity contribution in [2.24, 2.45) is 0 Å². The summed E-state index contributed by atoms with van der Waals surface area (Å²) in [5.41, 5.74) is 6.74. The van der Waals surface area contributed by atoms with E-state index in [1.165, 1.54) is 10.8 Å². The van der Waals surface area contributed by atoms with Crippen LogP contribution in [0.15, 0.2) is 41.5 Å². The molecular weight excluding hydrogens is 214 g/mol. The largest absolute Gasteiger partial charge is 0.397 e. The molecule has 0 atom stereocenters. The minimum absolute atomic E-state index is 0.0604. The maximum Gasteiger partial charge on any atom is 0.259 e. The lowest BCUT2D eigenvalue weighted by Gasteiger charge is -2.04. The predicted molar refractivity (Wildman–Crippen MR) is 70.3 cm³/mol. The van der Waals surface area contributed by atoms with Gasteiger partial charge in [0.2, 0.25) is 0 Å². The summed E-state index contributed by atoms with van der Waals surface area (Å²) in [7, 11) is 0. The molecule has 4 nitrogen and oxygen atoms in total. The molecule has 2 heterocycles. The summed E-state index contributed by atoms with van der Waals surface area (Å²) in [6, 6.07) is 7.03. The molecule has 0 radical (unpaired) electrons. The van der Waals surface area contributed by atoms with Crippen LogP contribution in [0.1, 0.15) is 19.4 Å². The number of nitrogen functional groups attached to an aromatic ring is 1. The number of hydrogen-bond donors (Lipinski definition) is 1. The first kappa shape index (κ1) is 13.0. The van der Waals surface area contributed by atoms with Crippen LogP contribution in [0.25, 0.3) is 5.82 Å². The summed E-state index contributed by atoms with van der Waals surface area (Å²) in [5, 5.41) is 0. The number of nitrogens with zero attached hydrogens (tertiary/aromatic N) is 2. The second-order valence-electron chi connectivity index (χ2n) is 3.32. The molecule has 2 rings (SSSR count). The van der Waals surface area contributed by atoms with Gasteiger partial charge in [-0.1, -0.05) is 19.9 Å². The van der Waals surface area contributed by atoms with Crippen molar-refractivity contribution >= 4 is 5.69 Å². The SMILES string of the molecule is CC.Cc1cccn(-c2ccc(N)cn2)c1=O. The van der Waals surface area contributed by atoms with Crippen molar-refractivity contribution in [3.05, 3.63) is 52.6 Å². The fourth-order valence-corrected chi connectivity index (χ4v) is 1.32. The van der Waals surface area contributed by atoms with Gasteiger partial charge in [-0.15, -0.1) is 0 Å². The molecule has 2 N–H and O–H groups in total. The summed E-state index contributed by atoms with van der Waals surface area (Å²) in [4.78, 5) is 15.8. The van der Waals surface area contributed by atoms with Gasteiger partial charge in [-0.3, -0.25) is 9.36 Å². The zero-order chi connectivity index (χ0) is 12.8. The van der Waals surface area contributed by atoms with Gasteiger partial charge < -0.3 is 5.73 Å². The van der Waals surface area contributed by atoms with Crippen LogP contribution < -0.4 is 11.3 Å². The van der Waals surface area contributed by atoms with E-state index in [4.69, 9.17) is 5.73 Å². The first-order valence-electron chi connectivity index (χ1n) is 5.58. The standard InChI is InChI=1S/C11H11N3O.C2H6/c1-8-3-2-6-14(11(8)15)10-5-4-9(12)7-13-10;1-2/h2-7H,12H2,1H3;1-2H3. The van der Waals surface area contributed by atoms with Crippen LogP contribution in [-0.2, 0) is 0 Å². The van der Waals surface area contributed by atoms with Crippen LogP contribution in [-0.4, -0.2) is 9.55 Å². The highest BCUT2D eigenvalue weighted by Crippen LogP contribution is 2.04. The lowest BCUT2D eigenvalue weighted by Crippen LogP contribution is -2.20. The van der Waals surface area contributed by atoms with Gasteiger partial charge in [-0.25, -0.2) is 4.98 Å². The van der Waals surface area contributed by atoms with Crippen molar-refractivity contribution in [3.8, 4) is 5.82 Å². The average molecular weight is 231 g/mol. The Morgan fingerprint density at radius 2 is 1.94 bits per heavy atom. The van der Waals surface area contributed by atoms with Crippen molar-refractivity contribution < 1.29 is 0 Å². The van der Waals surface area contributed by atoms with E-state index in [-0.39, 0.29) is 5.56 Å². The Morgan fingerprint density at radius 1 is 1.24 bits per heavy atom. The molecular formula is C13H17N3O. The molecule has 0 unspecified atom stereocenters. The molecule has 0 saturated carbocycles. The van der Waals surface area contributed by atoms with E-state index in [0.29, 0.717) is 17.1 Å². The Labute approximate surface area is 101 Å². The highest BCUT2D eigenvalue weighted by atomic mass is 16.1. The number of aryl methyl sites for hydroxylation is 1. The monoisotopic (exact) mass is 231 g/mol. The maximum absolute atomic E-state index is 11.7. The van der Waals surface area contributed by atoms with Crippen LogP contribution in [0, 0.1) is 6.92 Å². The van der Waals surface area contributed by atoms with Crippen molar-refractivity contribution in [3.63, 3.8) is 0 Å². The Kier molecular flexibility index (Phi) is 4.46. The summed E-state index contributed by atoms with van der Waals surface area (Å²) >= 11 is 0. The van der Waals surface area contributed by atoms with Gasteiger partial charge in [-0.05, 0) is 25.1 Å². The van der Waals surface area contributed by atoms with Crippen LogP contribution in [0.5, 0.6) is 0 Å². The molecule has 2 aromatic heterocycles. The zero-order valence-electron chi connectivity index (χ0n) is 10.3. The van der Waals surface area contributed by atoms with Crippen LogP contribution in [0.4, 0.5) is 5.69 Å². The van der Waals surface area contributed by atoms with Gasteiger partial charge in [0.05, 0.1) is 11.9 Å². The number of aromatic nitrogens is 2. The molecule has 0 aliphatic heterocycles. The summed E-state index contributed by atoms with van der Waals surface area (Å²) in [6.07, 6.45) is 3.22. The number of nitrogens with two attached hydrogens (primary N) is 1. The fraction of sp³-hybridized carbons (Fsp3) is 0.231. The third-order valence-corrected chi connectivity index (χ3v) is 2.16. The van der Waals surface area contributed by atoms with E-state index in [2.05, 4.69) is 4.98 Å². The van der Waals surface area contributed by atoms with Gasteiger partial charge >= 0.3 is 0 Å². The molecule has 0 amide bonds. The number of pyridine rings is 2. The molecule has 0 aliphatic rings. The van der Waals surface area contributed by atoms with Gasteiger partial charge in [0.15, 0.2) is 0 Å². The minimum atomic E-state index is -0.0604. The molecule has 0 saturated heterocycles. The van der Waals surface area contributed by atoms with Crippen molar-refractivity contribution in [1.29, 1.82) is 0 Å². The lowest BCUT2D eigenvalue weighted by atomic mass is 10.3. The second kappa shape index (κ2) is 5.84. The van der Waals surface area contributed by atoms with E-state index >= 15 is 0 Å². The molecule has 2 aromatic rings. The molecule has 0 aliphatic carbocycles. The van der Waals surface area contributed by atoms with Gasteiger partial charge in [0.1, 0.15) is 5.82 Å². The van der Waals surface area contributed by atoms with Crippen molar-refractivity contribution in [1.82, 2.24) is 9.55 Å².